The number of carbonyl (C=O) groups is 2. The molecule has 6 nitrogen and oxygen atoms in total. The molecule has 31 heavy (non-hydrogen) atoms. The number of rotatable bonds is 5. The zero-order chi connectivity index (χ0) is 22.4. The molecule has 0 aliphatic heterocycles. The number of amides is 1. The van der Waals surface area contributed by atoms with Crippen LogP contribution in [0.1, 0.15) is 71.2 Å². The molecule has 1 aliphatic rings. The first kappa shape index (κ1) is 23.0. The fourth-order valence-electron chi connectivity index (χ4n) is 4.52. The van der Waals surface area contributed by atoms with Gasteiger partial charge in [-0.15, -0.1) is 0 Å². The predicted octanol–water partition coefficient (Wildman–Crippen LogP) is 3.59. The molecule has 0 bridgehead atoms. The van der Waals surface area contributed by atoms with E-state index < -0.39 is 17.7 Å². The van der Waals surface area contributed by atoms with E-state index in [0.29, 0.717) is 25.7 Å². The van der Waals surface area contributed by atoms with Gasteiger partial charge in [0.15, 0.2) is 0 Å². The van der Waals surface area contributed by atoms with Gasteiger partial charge in [-0.25, -0.2) is 4.79 Å². The molecular weight excluding hydrogens is 394 g/mol. The highest BCUT2D eigenvalue weighted by molar-refractivity contribution is 5.97. The zero-order valence-corrected chi connectivity index (χ0v) is 17.8. The van der Waals surface area contributed by atoms with E-state index in [1.165, 1.54) is 12.1 Å². The van der Waals surface area contributed by atoms with E-state index >= 15 is 0 Å². The highest BCUT2D eigenvalue weighted by Gasteiger charge is 2.36. The molecule has 0 aromatic heterocycles. The van der Waals surface area contributed by atoms with Crippen molar-refractivity contribution in [3.8, 4) is 0 Å². The Kier molecular flexibility index (Phi) is 7.46. The lowest BCUT2D eigenvalue weighted by atomic mass is 9.77. The van der Waals surface area contributed by atoms with Crippen LogP contribution in [0.3, 0.4) is 0 Å². The van der Waals surface area contributed by atoms with Crippen LogP contribution in [0, 0.1) is 5.92 Å². The predicted molar refractivity (Wildman–Crippen MR) is 118 cm³/mol. The molecule has 0 spiro atoms. The summed E-state index contributed by atoms with van der Waals surface area (Å²) in [5.74, 6) is -1.61. The van der Waals surface area contributed by atoms with Crippen LogP contribution in [0.15, 0.2) is 54.6 Å². The normalized spacial score (nSPS) is 26.9. The first-order valence-electron chi connectivity index (χ1n) is 10.8. The Morgan fingerprint density at radius 3 is 2.48 bits per heavy atom. The number of carbonyl (C=O) groups excluding carboxylic acids is 1. The maximum atomic E-state index is 12.6. The molecule has 1 aliphatic carbocycles. The first-order chi connectivity index (χ1) is 14.8. The van der Waals surface area contributed by atoms with Gasteiger partial charge in [0, 0.05) is 18.0 Å². The number of nitrogens with one attached hydrogen (secondary N) is 1. The summed E-state index contributed by atoms with van der Waals surface area (Å²) in [6, 6.07) is 15.8. The van der Waals surface area contributed by atoms with Gasteiger partial charge in [0.25, 0.3) is 5.91 Å². The maximum Gasteiger partial charge on any atom is 0.335 e. The van der Waals surface area contributed by atoms with Crippen LogP contribution in [-0.2, 0) is 0 Å². The third kappa shape index (κ3) is 6.15. The summed E-state index contributed by atoms with van der Waals surface area (Å²) in [5.41, 5.74) is 0.403. The first-order valence-corrected chi connectivity index (χ1v) is 10.8. The summed E-state index contributed by atoms with van der Waals surface area (Å²) in [6.07, 6.45) is 2.76. The second-order valence-electron chi connectivity index (χ2n) is 8.78. The lowest BCUT2D eigenvalue weighted by Gasteiger charge is -2.35. The second-order valence-corrected chi connectivity index (χ2v) is 8.78. The molecule has 166 valence electrons. The van der Waals surface area contributed by atoms with Crippen molar-refractivity contribution >= 4 is 11.9 Å². The Bertz CT molecular complexity index is 896. The SMILES string of the molecule is C[C@]1(O)C[C@@H](c2ccccc2)C[C@H](O)CCC[C@@H]1CNC(=O)c1cccc(C(=O)O)c1. The number of benzene rings is 2. The minimum Gasteiger partial charge on any atom is -0.478 e. The van der Waals surface area contributed by atoms with Crippen LogP contribution in [0.25, 0.3) is 0 Å². The van der Waals surface area contributed by atoms with E-state index in [2.05, 4.69) is 5.32 Å². The minimum absolute atomic E-state index is 0.0229. The maximum absolute atomic E-state index is 12.6. The van der Waals surface area contributed by atoms with Gasteiger partial charge in [-0.3, -0.25) is 4.79 Å². The van der Waals surface area contributed by atoms with E-state index in [-0.39, 0.29) is 35.4 Å². The van der Waals surface area contributed by atoms with E-state index in [9.17, 15) is 19.8 Å². The highest BCUT2D eigenvalue weighted by Crippen LogP contribution is 2.38. The Morgan fingerprint density at radius 2 is 1.77 bits per heavy atom. The Hall–Kier alpha value is -2.70. The van der Waals surface area contributed by atoms with E-state index in [1.807, 2.05) is 37.3 Å². The van der Waals surface area contributed by atoms with Gasteiger partial charge in [-0.2, -0.15) is 0 Å². The molecule has 3 rings (SSSR count). The largest absolute Gasteiger partial charge is 0.478 e. The highest BCUT2D eigenvalue weighted by atomic mass is 16.4. The summed E-state index contributed by atoms with van der Waals surface area (Å²) in [7, 11) is 0. The standard InChI is InChI=1S/C25H31NO5/c1-25(31)15-20(17-7-3-2-4-8-17)14-22(27)12-6-11-21(25)16-26-23(28)18-9-5-10-19(13-18)24(29)30/h2-5,7-10,13,20-22,27,31H,6,11-12,14-16H2,1H3,(H,26,28)(H,29,30)/t20-,21+,22+,25-/m0/s1. The molecule has 0 radical (unpaired) electrons. The lowest BCUT2D eigenvalue weighted by molar-refractivity contribution is -0.0174. The number of hydrogen-bond acceptors (Lipinski definition) is 4. The third-order valence-corrected chi connectivity index (χ3v) is 6.34. The van der Waals surface area contributed by atoms with Crippen LogP contribution in [0.2, 0.25) is 0 Å². The van der Waals surface area contributed by atoms with Crippen molar-refractivity contribution in [1.29, 1.82) is 0 Å². The average molecular weight is 426 g/mol. The van der Waals surface area contributed by atoms with Crippen molar-refractivity contribution in [1.82, 2.24) is 5.32 Å². The molecule has 1 amide bonds. The van der Waals surface area contributed by atoms with Crippen LogP contribution in [-0.4, -0.2) is 45.4 Å². The summed E-state index contributed by atoms with van der Waals surface area (Å²) in [6.45, 7) is 2.09. The van der Waals surface area contributed by atoms with Crippen molar-refractivity contribution in [2.75, 3.05) is 6.54 Å². The summed E-state index contributed by atoms with van der Waals surface area (Å²) < 4.78 is 0. The summed E-state index contributed by atoms with van der Waals surface area (Å²) >= 11 is 0. The van der Waals surface area contributed by atoms with E-state index in [0.717, 1.165) is 12.0 Å². The van der Waals surface area contributed by atoms with Gasteiger partial charge in [0.2, 0.25) is 0 Å². The van der Waals surface area contributed by atoms with Crippen LogP contribution >= 0.6 is 0 Å². The Morgan fingerprint density at radius 1 is 1.06 bits per heavy atom. The van der Waals surface area contributed by atoms with Crippen molar-refractivity contribution in [3.63, 3.8) is 0 Å². The number of hydrogen-bond donors (Lipinski definition) is 4. The molecule has 1 saturated carbocycles. The molecule has 0 saturated heterocycles. The van der Waals surface area contributed by atoms with Crippen molar-refractivity contribution in [2.45, 2.75) is 56.7 Å². The summed E-state index contributed by atoms with van der Waals surface area (Å²) in [5, 5.41) is 33.8. The number of aliphatic hydroxyl groups is 2. The average Bonchev–Trinajstić information content (AvgIpc) is 2.80. The van der Waals surface area contributed by atoms with Crippen LogP contribution in [0.5, 0.6) is 0 Å². The third-order valence-electron chi connectivity index (χ3n) is 6.34. The number of carboxylic acids is 1. The smallest absolute Gasteiger partial charge is 0.335 e. The molecule has 0 unspecified atom stereocenters. The molecule has 2 aromatic carbocycles. The Labute approximate surface area is 182 Å². The lowest BCUT2D eigenvalue weighted by Crippen LogP contribution is -2.43. The number of carboxylic acid groups (broad SMARTS) is 1. The fraction of sp³-hybridized carbons (Fsp3) is 0.440. The van der Waals surface area contributed by atoms with Gasteiger partial charge >= 0.3 is 5.97 Å². The molecule has 0 heterocycles. The molecule has 2 aromatic rings. The summed E-state index contributed by atoms with van der Waals surface area (Å²) in [4.78, 5) is 23.8. The van der Waals surface area contributed by atoms with Crippen LogP contribution in [0.4, 0.5) is 0 Å². The van der Waals surface area contributed by atoms with Crippen LogP contribution < -0.4 is 5.32 Å². The zero-order valence-electron chi connectivity index (χ0n) is 17.8. The van der Waals surface area contributed by atoms with E-state index in [4.69, 9.17) is 5.11 Å². The second kappa shape index (κ2) is 10.1. The van der Waals surface area contributed by atoms with Crippen molar-refractivity contribution in [2.24, 2.45) is 5.92 Å². The fourth-order valence-corrected chi connectivity index (χ4v) is 4.52. The molecule has 1 fully saturated rings. The molecular formula is C25H31NO5. The quantitative estimate of drug-likeness (QED) is 0.586. The van der Waals surface area contributed by atoms with Crippen molar-refractivity contribution in [3.05, 3.63) is 71.3 Å². The topological polar surface area (TPSA) is 107 Å². The Balaban J connectivity index is 1.73. The number of aliphatic hydroxyl groups excluding tert-OH is 1. The monoisotopic (exact) mass is 425 g/mol. The van der Waals surface area contributed by atoms with Gasteiger partial charge < -0.3 is 20.6 Å². The molecule has 4 atom stereocenters. The molecule has 6 heteroatoms. The molecule has 4 N–H and O–H groups in total. The van der Waals surface area contributed by atoms with Gasteiger partial charge in [0.05, 0.1) is 17.3 Å². The van der Waals surface area contributed by atoms with Gasteiger partial charge in [-0.1, -0.05) is 42.8 Å². The van der Waals surface area contributed by atoms with Gasteiger partial charge in [-0.05, 0) is 62.3 Å². The van der Waals surface area contributed by atoms with E-state index in [1.54, 1.807) is 12.1 Å². The number of aromatic carboxylic acids is 1. The minimum atomic E-state index is -1.08. The van der Waals surface area contributed by atoms with Gasteiger partial charge in [0.1, 0.15) is 0 Å². The van der Waals surface area contributed by atoms with Crippen molar-refractivity contribution < 1.29 is 24.9 Å².